The second kappa shape index (κ2) is 10.2. The van der Waals surface area contributed by atoms with E-state index in [0.717, 1.165) is 39.4 Å². The lowest BCUT2D eigenvalue weighted by Gasteiger charge is -2.09. The molecule has 5 heteroatoms. The van der Waals surface area contributed by atoms with Gasteiger partial charge in [0.1, 0.15) is 18.2 Å². The SMILES string of the molecule is c1ccc(CNc2ccc(CNc3nsc4ccc(OCc5ccccc5)cc34)cc2)cc1. The summed E-state index contributed by atoms with van der Waals surface area (Å²) in [5, 5.41) is 8.04. The highest BCUT2D eigenvalue weighted by atomic mass is 32.1. The molecule has 0 bridgehead atoms. The average molecular weight is 452 g/mol. The van der Waals surface area contributed by atoms with E-state index in [2.05, 4.69) is 87.8 Å². The molecule has 0 saturated heterocycles. The molecule has 4 nitrogen and oxygen atoms in total. The molecule has 1 aromatic heterocycles. The molecule has 0 atom stereocenters. The van der Waals surface area contributed by atoms with Gasteiger partial charge >= 0.3 is 0 Å². The van der Waals surface area contributed by atoms with E-state index >= 15 is 0 Å². The molecule has 0 amide bonds. The Bertz CT molecular complexity index is 1300. The normalized spacial score (nSPS) is 10.8. The van der Waals surface area contributed by atoms with Crippen molar-refractivity contribution in [2.24, 2.45) is 0 Å². The van der Waals surface area contributed by atoms with Crippen LogP contribution < -0.4 is 15.4 Å². The number of hydrogen-bond donors (Lipinski definition) is 2. The third-order valence-corrected chi connectivity index (χ3v) is 6.27. The standard InChI is InChI=1S/C28H25N3OS/c1-3-7-21(8-4-1)18-29-24-13-11-22(12-14-24)19-30-28-26-17-25(15-16-27(26)33-31-28)32-20-23-9-5-2-6-10-23/h1-17,29H,18-20H2,(H,30,31). The molecular weight excluding hydrogens is 426 g/mol. The molecule has 0 spiro atoms. The zero-order chi connectivity index (χ0) is 22.3. The first kappa shape index (κ1) is 21.0. The van der Waals surface area contributed by atoms with Gasteiger partial charge in [0.2, 0.25) is 0 Å². The van der Waals surface area contributed by atoms with Crippen molar-refractivity contribution in [1.82, 2.24) is 4.37 Å². The Hall–Kier alpha value is -3.83. The predicted molar refractivity (Wildman–Crippen MR) is 138 cm³/mol. The maximum absolute atomic E-state index is 6.00. The van der Waals surface area contributed by atoms with Crippen LogP contribution in [-0.4, -0.2) is 4.37 Å². The summed E-state index contributed by atoms with van der Waals surface area (Å²) >= 11 is 1.50. The van der Waals surface area contributed by atoms with Crippen molar-refractivity contribution in [3.63, 3.8) is 0 Å². The van der Waals surface area contributed by atoms with Crippen LogP contribution in [0.25, 0.3) is 10.1 Å². The van der Waals surface area contributed by atoms with E-state index in [1.54, 1.807) is 0 Å². The highest BCUT2D eigenvalue weighted by Gasteiger charge is 2.08. The summed E-state index contributed by atoms with van der Waals surface area (Å²) < 4.78 is 11.8. The van der Waals surface area contributed by atoms with Gasteiger partial charge < -0.3 is 15.4 Å². The minimum Gasteiger partial charge on any atom is -0.489 e. The lowest BCUT2D eigenvalue weighted by Crippen LogP contribution is -2.02. The topological polar surface area (TPSA) is 46.2 Å². The quantitative estimate of drug-likeness (QED) is 0.251. The molecule has 0 unspecified atom stereocenters. The molecule has 0 saturated carbocycles. The molecule has 0 aliphatic carbocycles. The Morgan fingerprint density at radius 2 is 1.33 bits per heavy atom. The van der Waals surface area contributed by atoms with Crippen LogP contribution in [0.15, 0.2) is 103 Å². The zero-order valence-electron chi connectivity index (χ0n) is 18.2. The van der Waals surface area contributed by atoms with Crippen molar-refractivity contribution in [3.05, 3.63) is 120 Å². The fourth-order valence-electron chi connectivity index (χ4n) is 3.60. The minimum absolute atomic E-state index is 0.553. The number of hydrogen-bond acceptors (Lipinski definition) is 5. The summed E-state index contributed by atoms with van der Waals surface area (Å²) in [7, 11) is 0. The number of aromatic nitrogens is 1. The van der Waals surface area contributed by atoms with Crippen LogP contribution in [0.4, 0.5) is 11.5 Å². The van der Waals surface area contributed by atoms with Crippen molar-refractivity contribution in [3.8, 4) is 5.75 Å². The van der Waals surface area contributed by atoms with Gasteiger partial charge in [-0.25, -0.2) is 0 Å². The Morgan fingerprint density at radius 1 is 0.667 bits per heavy atom. The van der Waals surface area contributed by atoms with Crippen LogP contribution in [-0.2, 0) is 19.7 Å². The number of nitrogens with one attached hydrogen (secondary N) is 2. The van der Waals surface area contributed by atoms with Gasteiger partial charge in [0, 0.05) is 24.2 Å². The smallest absolute Gasteiger partial charge is 0.147 e. The van der Waals surface area contributed by atoms with Gasteiger partial charge in [-0.1, -0.05) is 72.8 Å². The van der Waals surface area contributed by atoms with Crippen molar-refractivity contribution in [2.75, 3.05) is 10.6 Å². The molecule has 0 radical (unpaired) electrons. The van der Waals surface area contributed by atoms with E-state index in [0.29, 0.717) is 13.2 Å². The van der Waals surface area contributed by atoms with Gasteiger partial charge in [-0.2, -0.15) is 4.37 Å². The van der Waals surface area contributed by atoms with E-state index in [-0.39, 0.29) is 0 Å². The maximum atomic E-state index is 6.00. The zero-order valence-corrected chi connectivity index (χ0v) is 19.0. The molecular formula is C28H25N3OS. The lowest BCUT2D eigenvalue weighted by molar-refractivity contribution is 0.306. The number of anilines is 2. The number of benzene rings is 4. The summed E-state index contributed by atoms with van der Waals surface area (Å²) in [6.07, 6.45) is 0. The highest BCUT2D eigenvalue weighted by molar-refractivity contribution is 7.13. The van der Waals surface area contributed by atoms with Crippen molar-refractivity contribution in [2.45, 2.75) is 19.7 Å². The Kier molecular flexibility index (Phi) is 6.50. The Morgan fingerprint density at radius 3 is 2.09 bits per heavy atom. The first-order chi connectivity index (χ1) is 16.3. The number of rotatable bonds is 9. The monoisotopic (exact) mass is 451 g/mol. The van der Waals surface area contributed by atoms with Gasteiger partial charge in [0.15, 0.2) is 0 Å². The first-order valence-electron chi connectivity index (χ1n) is 11.0. The minimum atomic E-state index is 0.553. The molecule has 5 aromatic rings. The predicted octanol–water partition coefficient (Wildman–Crippen LogP) is 7.10. The molecule has 164 valence electrons. The van der Waals surface area contributed by atoms with Crippen LogP contribution in [0.3, 0.4) is 0 Å². The molecule has 0 aliphatic heterocycles. The summed E-state index contributed by atoms with van der Waals surface area (Å²) in [5.41, 5.74) is 4.74. The first-order valence-corrected chi connectivity index (χ1v) is 11.8. The second-order valence-corrected chi connectivity index (χ2v) is 8.66. The van der Waals surface area contributed by atoms with Crippen LogP contribution in [0.2, 0.25) is 0 Å². The van der Waals surface area contributed by atoms with Gasteiger partial charge in [0.05, 0.1) is 4.70 Å². The summed E-state index contributed by atoms with van der Waals surface area (Å²) in [6, 6.07) is 35.3. The van der Waals surface area contributed by atoms with Crippen molar-refractivity contribution >= 4 is 33.1 Å². The number of nitrogens with zero attached hydrogens (tertiary/aromatic N) is 1. The molecule has 0 aliphatic rings. The molecule has 5 rings (SSSR count). The van der Waals surface area contributed by atoms with E-state index in [1.165, 1.54) is 22.7 Å². The summed E-state index contributed by atoms with van der Waals surface area (Å²) in [6.45, 7) is 2.09. The molecule has 4 aromatic carbocycles. The average Bonchev–Trinajstić information content (AvgIpc) is 3.29. The van der Waals surface area contributed by atoms with Crippen LogP contribution in [0.5, 0.6) is 5.75 Å². The van der Waals surface area contributed by atoms with E-state index in [1.807, 2.05) is 30.3 Å². The number of ether oxygens (including phenoxy) is 1. The van der Waals surface area contributed by atoms with Gasteiger partial charge in [0.25, 0.3) is 0 Å². The fraction of sp³-hybridized carbons (Fsp3) is 0.107. The van der Waals surface area contributed by atoms with E-state index in [9.17, 15) is 0 Å². The molecule has 0 fully saturated rings. The maximum Gasteiger partial charge on any atom is 0.147 e. The number of fused-ring (bicyclic) bond motifs is 1. The Labute approximate surface area is 198 Å². The van der Waals surface area contributed by atoms with Crippen molar-refractivity contribution in [1.29, 1.82) is 0 Å². The van der Waals surface area contributed by atoms with Gasteiger partial charge in [-0.05, 0) is 58.6 Å². The van der Waals surface area contributed by atoms with Crippen LogP contribution in [0, 0.1) is 0 Å². The lowest BCUT2D eigenvalue weighted by atomic mass is 10.2. The highest BCUT2D eigenvalue weighted by Crippen LogP contribution is 2.31. The van der Waals surface area contributed by atoms with Crippen molar-refractivity contribution < 1.29 is 4.74 Å². The molecule has 1 heterocycles. The summed E-state index contributed by atoms with van der Waals surface area (Å²) in [4.78, 5) is 0. The second-order valence-electron chi connectivity index (χ2n) is 7.85. The van der Waals surface area contributed by atoms with E-state index in [4.69, 9.17) is 4.74 Å². The third kappa shape index (κ3) is 5.51. The van der Waals surface area contributed by atoms with Gasteiger partial charge in [-0.3, -0.25) is 0 Å². The van der Waals surface area contributed by atoms with Gasteiger partial charge in [-0.15, -0.1) is 0 Å². The summed E-state index contributed by atoms with van der Waals surface area (Å²) in [5.74, 6) is 1.75. The van der Waals surface area contributed by atoms with Crippen LogP contribution in [0.1, 0.15) is 16.7 Å². The van der Waals surface area contributed by atoms with Crippen LogP contribution >= 0.6 is 11.5 Å². The van der Waals surface area contributed by atoms with E-state index < -0.39 is 0 Å². The largest absolute Gasteiger partial charge is 0.489 e. The third-order valence-electron chi connectivity index (χ3n) is 5.44. The molecule has 33 heavy (non-hydrogen) atoms. The fourth-order valence-corrected chi connectivity index (χ4v) is 4.34. The molecule has 2 N–H and O–H groups in total. The Balaban J connectivity index is 1.19.